The number of carboxylic acid groups (broad SMARTS) is 2. The molecule has 2 aromatic rings. The fraction of sp³-hybridized carbons (Fsp3) is 0.0833. The van der Waals surface area contributed by atoms with E-state index in [1.807, 2.05) is 0 Å². The van der Waals surface area contributed by atoms with Gasteiger partial charge in [0.05, 0.1) is 0 Å². The molecule has 0 radical (unpaired) electrons. The Hall–Kier alpha value is -2.34. The zero-order valence-electron chi connectivity index (χ0n) is 9.41. The van der Waals surface area contributed by atoms with E-state index in [-0.39, 0.29) is 5.75 Å². The van der Waals surface area contributed by atoms with Crippen molar-refractivity contribution < 1.29 is 24.5 Å². The quantitative estimate of drug-likeness (QED) is 0.830. The maximum atomic E-state index is 10.8. The van der Waals surface area contributed by atoms with Crippen molar-refractivity contribution in [2.24, 2.45) is 0 Å². The van der Waals surface area contributed by atoms with Crippen LogP contribution in [0.15, 0.2) is 30.5 Å². The number of pyridine rings is 1. The number of hydrogen-bond acceptors (Lipinski definition) is 4. The van der Waals surface area contributed by atoms with Crippen LogP contribution in [0.1, 0.15) is 0 Å². The molecular formula is C12H8ClNO5. The molecule has 98 valence electrons. The topological polar surface area (TPSA) is 96.7 Å². The fourth-order valence-electron chi connectivity index (χ4n) is 1.55. The molecule has 0 saturated heterocycles. The second-order valence-electron chi connectivity index (χ2n) is 3.65. The fourth-order valence-corrected chi connectivity index (χ4v) is 1.76. The third-order valence-electron chi connectivity index (χ3n) is 2.33. The van der Waals surface area contributed by atoms with Crippen molar-refractivity contribution in [3.8, 4) is 5.75 Å². The molecule has 1 heterocycles. The van der Waals surface area contributed by atoms with Gasteiger partial charge in [0, 0.05) is 22.7 Å². The number of aliphatic carboxylic acids is 2. The van der Waals surface area contributed by atoms with Crippen LogP contribution in [0.25, 0.3) is 10.9 Å². The molecule has 0 bridgehead atoms. The smallest absolute Gasteiger partial charge is 0.356 e. The number of benzene rings is 1. The lowest BCUT2D eigenvalue weighted by Gasteiger charge is -2.12. The van der Waals surface area contributed by atoms with Crippen LogP contribution in [-0.4, -0.2) is 33.2 Å². The van der Waals surface area contributed by atoms with Crippen molar-refractivity contribution in [3.63, 3.8) is 0 Å². The molecule has 0 aliphatic heterocycles. The third kappa shape index (κ3) is 2.74. The molecule has 0 atom stereocenters. The van der Waals surface area contributed by atoms with Gasteiger partial charge in [-0.15, -0.1) is 0 Å². The number of nitrogens with zero attached hydrogens (tertiary/aromatic N) is 1. The molecule has 0 aliphatic rings. The van der Waals surface area contributed by atoms with Gasteiger partial charge in [0.25, 0.3) is 6.10 Å². The third-order valence-corrected chi connectivity index (χ3v) is 2.55. The number of carboxylic acids is 2. The van der Waals surface area contributed by atoms with E-state index in [4.69, 9.17) is 26.6 Å². The van der Waals surface area contributed by atoms with Crippen molar-refractivity contribution in [2.45, 2.75) is 6.10 Å². The SMILES string of the molecule is O=C(O)C(Oc1cc(Cl)cc2cccnc12)C(=O)O. The average Bonchev–Trinajstić information content (AvgIpc) is 2.34. The summed E-state index contributed by atoms with van der Waals surface area (Å²) in [5.41, 5.74) is 0.347. The minimum absolute atomic E-state index is 0.0119. The van der Waals surface area contributed by atoms with Gasteiger partial charge in [0.1, 0.15) is 11.3 Å². The summed E-state index contributed by atoms with van der Waals surface area (Å²) in [6, 6.07) is 6.33. The van der Waals surface area contributed by atoms with Crippen molar-refractivity contribution in [1.82, 2.24) is 4.98 Å². The predicted octanol–water partition coefficient (Wildman–Crippen LogP) is 1.80. The predicted molar refractivity (Wildman–Crippen MR) is 66.4 cm³/mol. The van der Waals surface area contributed by atoms with Gasteiger partial charge in [-0.25, -0.2) is 9.59 Å². The Kier molecular flexibility index (Phi) is 3.52. The van der Waals surface area contributed by atoms with Crippen LogP contribution >= 0.6 is 11.6 Å². The summed E-state index contributed by atoms with van der Waals surface area (Å²) in [4.78, 5) is 25.6. The number of carbonyl (C=O) groups is 2. The zero-order chi connectivity index (χ0) is 14.0. The molecule has 0 amide bonds. The molecule has 1 aromatic carbocycles. The number of ether oxygens (including phenoxy) is 1. The van der Waals surface area contributed by atoms with Crippen LogP contribution in [0.5, 0.6) is 5.75 Å². The van der Waals surface area contributed by atoms with Gasteiger partial charge in [-0.1, -0.05) is 17.7 Å². The molecule has 0 unspecified atom stereocenters. The highest BCUT2D eigenvalue weighted by Gasteiger charge is 2.28. The lowest BCUT2D eigenvalue weighted by Crippen LogP contribution is -2.35. The van der Waals surface area contributed by atoms with Crippen LogP contribution in [0, 0.1) is 0 Å². The van der Waals surface area contributed by atoms with Gasteiger partial charge in [-0.05, 0) is 12.1 Å². The summed E-state index contributed by atoms with van der Waals surface area (Å²) in [6.07, 6.45) is -0.525. The maximum absolute atomic E-state index is 10.8. The number of hydrogen-bond donors (Lipinski definition) is 2. The lowest BCUT2D eigenvalue weighted by atomic mass is 10.2. The van der Waals surface area contributed by atoms with E-state index in [1.54, 1.807) is 18.2 Å². The molecule has 6 nitrogen and oxygen atoms in total. The second-order valence-corrected chi connectivity index (χ2v) is 4.09. The Morgan fingerprint density at radius 2 is 1.95 bits per heavy atom. The van der Waals surface area contributed by atoms with E-state index in [1.165, 1.54) is 12.3 Å². The summed E-state index contributed by atoms with van der Waals surface area (Å²) in [5.74, 6) is -3.19. The molecule has 7 heteroatoms. The first-order valence-corrected chi connectivity index (χ1v) is 5.53. The van der Waals surface area contributed by atoms with Crippen molar-refractivity contribution in [2.75, 3.05) is 0 Å². The van der Waals surface area contributed by atoms with Crippen LogP contribution < -0.4 is 4.74 Å². The van der Waals surface area contributed by atoms with E-state index in [0.717, 1.165) is 0 Å². The van der Waals surface area contributed by atoms with Crippen LogP contribution in [-0.2, 0) is 9.59 Å². The monoisotopic (exact) mass is 281 g/mol. The highest BCUT2D eigenvalue weighted by Crippen LogP contribution is 2.29. The molecule has 1 aromatic heterocycles. The number of fused-ring (bicyclic) bond motifs is 1. The number of halogens is 1. The Morgan fingerprint density at radius 1 is 1.26 bits per heavy atom. The van der Waals surface area contributed by atoms with Gasteiger partial charge >= 0.3 is 11.9 Å². The highest BCUT2D eigenvalue weighted by molar-refractivity contribution is 6.31. The minimum atomic E-state index is -2.01. The van der Waals surface area contributed by atoms with Gasteiger partial charge in [0.2, 0.25) is 0 Å². The highest BCUT2D eigenvalue weighted by atomic mass is 35.5. The summed E-state index contributed by atoms with van der Waals surface area (Å²) in [6.45, 7) is 0. The first-order valence-electron chi connectivity index (χ1n) is 5.15. The molecule has 0 spiro atoms. The minimum Gasteiger partial charge on any atom is -0.478 e. The molecular weight excluding hydrogens is 274 g/mol. The molecule has 19 heavy (non-hydrogen) atoms. The second kappa shape index (κ2) is 5.11. The normalized spacial score (nSPS) is 10.6. The Bertz CT molecular complexity index is 644. The Balaban J connectivity index is 2.50. The Labute approximate surface area is 112 Å². The summed E-state index contributed by atoms with van der Waals surface area (Å²) < 4.78 is 4.99. The zero-order valence-corrected chi connectivity index (χ0v) is 10.2. The van der Waals surface area contributed by atoms with E-state index in [9.17, 15) is 9.59 Å². The largest absolute Gasteiger partial charge is 0.478 e. The average molecular weight is 282 g/mol. The van der Waals surface area contributed by atoms with Crippen molar-refractivity contribution >= 4 is 34.4 Å². The summed E-state index contributed by atoms with van der Waals surface area (Å²) in [5, 5.41) is 18.5. The van der Waals surface area contributed by atoms with E-state index < -0.39 is 18.0 Å². The van der Waals surface area contributed by atoms with Crippen LogP contribution in [0.4, 0.5) is 0 Å². The first kappa shape index (κ1) is 13.1. The first-order chi connectivity index (χ1) is 8.99. The van der Waals surface area contributed by atoms with Gasteiger partial charge in [-0.3, -0.25) is 4.98 Å². The van der Waals surface area contributed by atoms with Crippen molar-refractivity contribution in [1.29, 1.82) is 0 Å². The van der Waals surface area contributed by atoms with Gasteiger partial charge < -0.3 is 14.9 Å². The van der Waals surface area contributed by atoms with Gasteiger partial charge in [0.15, 0.2) is 0 Å². The number of rotatable bonds is 4. The number of aromatic nitrogens is 1. The lowest BCUT2D eigenvalue weighted by molar-refractivity contribution is -0.158. The molecule has 2 N–H and O–H groups in total. The van der Waals surface area contributed by atoms with Crippen molar-refractivity contribution in [3.05, 3.63) is 35.5 Å². The Morgan fingerprint density at radius 3 is 2.58 bits per heavy atom. The molecule has 0 fully saturated rings. The van der Waals surface area contributed by atoms with Crippen LogP contribution in [0.3, 0.4) is 0 Å². The van der Waals surface area contributed by atoms with E-state index >= 15 is 0 Å². The standard InChI is InChI=1S/C12H8ClNO5/c13-7-4-6-2-1-3-14-9(6)8(5-7)19-10(11(15)16)12(17)18/h1-5,10H,(H,15,16)(H,17,18). The van der Waals surface area contributed by atoms with E-state index in [0.29, 0.717) is 15.9 Å². The summed E-state index contributed by atoms with van der Waals surface area (Å²) >= 11 is 5.86. The van der Waals surface area contributed by atoms with Gasteiger partial charge in [-0.2, -0.15) is 0 Å². The molecule has 2 rings (SSSR count). The summed E-state index contributed by atoms with van der Waals surface area (Å²) in [7, 11) is 0. The molecule has 0 aliphatic carbocycles. The van der Waals surface area contributed by atoms with E-state index in [2.05, 4.69) is 4.98 Å². The molecule has 0 saturated carbocycles. The van der Waals surface area contributed by atoms with Crippen LogP contribution in [0.2, 0.25) is 5.02 Å². The maximum Gasteiger partial charge on any atom is 0.356 e.